The molecule has 4 rings (SSSR count). The topological polar surface area (TPSA) is 50.8 Å². The van der Waals surface area contributed by atoms with Gasteiger partial charge in [0.1, 0.15) is 19.0 Å². The van der Waals surface area contributed by atoms with Gasteiger partial charge in [-0.2, -0.15) is 13.2 Å². The Morgan fingerprint density at radius 2 is 1.63 bits per heavy atom. The second kappa shape index (κ2) is 15.1. The fourth-order valence-corrected chi connectivity index (χ4v) is 5.72. The molecule has 5 nitrogen and oxygen atoms in total. The van der Waals surface area contributed by atoms with Crippen LogP contribution in [0.25, 0.3) is 0 Å². The van der Waals surface area contributed by atoms with Crippen molar-refractivity contribution < 1.29 is 27.4 Å². The number of carbonyl (C=O) groups is 1. The molecule has 1 amide bonds. The Morgan fingerprint density at radius 1 is 0.977 bits per heavy atom. The molecule has 0 saturated heterocycles. The van der Waals surface area contributed by atoms with E-state index in [-0.39, 0.29) is 44.7 Å². The maximum atomic E-state index is 13.8. The highest BCUT2D eigenvalue weighted by molar-refractivity contribution is 6.42. The molecule has 232 valence electrons. The molecule has 1 unspecified atom stereocenters. The monoisotopic (exact) mass is 676 g/mol. The lowest BCUT2D eigenvalue weighted by molar-refractivity contribution is -0.138. The van der Waals surface area contributed by atoms with Gasteiger partial charge in [0.15, 0.2) is 5.75 Å². The van der Waals surface area contributed by atoms with Crippen LogP contribution in [0.1, 0.15) is 29.5 Å². The van der Waals surface area contributed by atoms with Crippen LogP contribution in [0.5, 0.6) is 11.5 Å². The first-order valence-electron chi connectivity index (χ1n) is 13.7. The van der Waals surface area contributed by atoms with Gasteiger partial charge in [-0.15, -0.1) is 0 Å². The number of halogens is 7. The van der Waals surface area contributed by atoms with Crippen molar-refractivity contribution >= 4 is 52.3 Å². The summed E-state index contributed by atoms with van der Waals surface area (Å²) in [5.41, 5.74) is 2.39. The number of alkyl halides is 3. The van der Waals surface area contributed by atoms with Crippen LogP contribution in [-0.2, 0) is 17.8 Å². The third-order valence-electron chi connectivity index (χ3n) is 6.85. The van der Waals surface area contributed by atoms with Crippen molar-refractivity contribution in [1.29, 1.82) is 0 Å². The van der Waals surface area contributed by atoms with Crippen molar-refractivity contribution in [2.75, 3.05) is 26.3 Å². The molecule has 43 heavy (non-hydrogen) atoms. The largest absolute Gasteiger partial charge is 0.490 e. The van der Waals surface area contributed by atoms with E-state index in [0.29, 0.717) is 37.2 Å². The Bertz CT molecular complexity index is 1380. The molecule has 0 heterocycles. The molecular weight excluding hydrogens is 647 g/mol. The summed E-state index contributed by atoms with van der Waals surface area (Å²) >= 11 is 25.0. The quantitative estimate of drug-likeness (QED) is 0.174. The third kappa shape index (κ3) is 10.1. The van der Waals surface area contributed by atoms with Crippen molar-refractivity contribution in [2.24, 2.45) is 5.92 Å². The number of carbonyl (C=O) groups excluding carboxylic acids is 1. The molecule has 3 aromatic carbocycles. The van der Waals surface area contributed by atoms with Gasteiger partial charge in [0.2, 0.25) is 5.91 Å². The van der Waals surface area contributed by atoms with Crippen LogP contribution in [0, 0.1) is 12.8 Å². The first-order valence-corrected chi connectivity index (χ1v) is 15.2. The first-order chi connectivity index (χ1) is 20.4. The molecule has 0 radical (unpaired) electrons. The number of hydrogen-bond acceptors (Lipinski definition) is 4. The zero-order chi connectivity index (χ0) is 31.1. The second-order valence-electron chi connectivity index (χ2n) is 10.5. The summed E-state index contributed by atoms with van der Waals surface area (Å²) in [5.74, 6) is -0.00784. The summed E-state index contributed by atoms with van der Waals surface area (Å²) in [6.07, 6.45) is -2.50. The van der Waals surface area contributed by atoms with Gasteiger partial charge in [0.05, 0.1) is 32.6 Å². The van der Waals surface area contributed by atoms with Crippen LogP contribution < -0.4 is 14.8 Å². The zero-order valence-corrected chi connectivity index (χ0v) is 26.3. The van der Waals surface area contributed by atoms with Crippen molar-refractivity contribution in [3.63, 3.8) is 0 Å². The second-order valence-corrected chi connectivity index (χ2v) is 12.1. The van der Waals surface area contributed by atoms with E-state index in [9.17, 15) is 18.0 Å². The molecule has 1 aliphatic rings. The zero-order valence-electron chi connectivity index (χ0n) is 23.3. The van der Waals surface area contributed by atoms with E-state index in [2.05, 4.69) is 5.32 Å². The highest BCUT2D eigenvalue weighted by Gasteiger charge is 2.37. The van der Waals surface area contributed by atoms with Crippen LogP contribution in [0.2, 0.25) is 20.1 Å². The summed E-state index contributed by atoms with van der Waals surface area (Å²) in [6.45, 7) is 1.22. The predicted molar refractivity (Wildman–Crippen MR) is 165 cm³/mol. The van der Waals surface area contributed by atoms with Gasteiger partial charge in [-0.05, 0) is 73.2 Å². The maximum Gasteiger partial charge on any atom is 0.401 e. The number of rotatable bonds is 14. The number of aryl methyl sites for hydroxylation is 1. The smallest absolute Gasteiger partial charge is 0.401 e. The Morgan fingerprint density at radius 3 is 2.26 bits per heavy atom. The number of hydrogen-bond donors (Lipinski definition) is 1. The molecule has 12 heteroatoms. The minimum atomic E-state index is -4.39. The van der Waals surface area contributed by atoms with E-state index >= 15 is 0 Å². The lowest BCUT2D eigenvalue weighted by atomic mass is 9.97. The average Bonchev–Trinajstić information content (AvgIpc) is 3.77. The minimum absolute atomic E-state index is 0.00957. The Hall–Kier alpha value is -2.36. The van der Waals surface area contributed by atoms with Gasteiger partial charge in [-0.3, -0.25) is 4.79 Å². The molecule has 1 N–H and O–H groups in total. The van der Waals surface area contributed by atoms with E-state index in [1.54, 1.807) is 59.5 Å². The Labute approximate surface area is 269 Å². The number of nitrogens with zero attached hydrogens (tertiary/aromatic N) is 1. The molecule has 0 spiro atoms. The van der Waals surface area contributed by atoms with Gasteiger partial charge in [0, 0.05) is 19.1 Å². The van der Waals surface area contributed by atoms with E-state index in [1.165, 1.54) is 0 Å². The van der Waals surface area contributed by atoms with Crippen LogP contribution in [0.3, 0.4) is 0 Å². The molecule has 1 fully saturated rings. The molecule has 1 saturated carbocycles. The Kier molecular flexibility index (Phi) is 11.8. The number of amides is 1. The van der Waals surface area contributed by atoms with Gasteiger partial charge in [0.25, 0.3) is 0 Å². The van der Waals surface area contributed by atoms with Crippen molar-refractivity contribution in [3.8, 4) is 11.5 Å². The predicted octanol–water partition coefficient (Wildman–Crippen LogP) is 8.57. The number of nitrogens with one attached hydrogen (secondary N) is 1. The average molecular weight is 678 g/mol. The van der Waals surface area contributed by atoms with Crippen LogP contribution in [0.4, 0.5) is 13.2 Å². The standard InChI is InChI=1S/C31H31Cl4F3N2O3/c1-19-13-26(33)29(27(34)14-19)43-12-11-42-24-9-5-20(6-10-24)15-22(16-39-18-31(36,37)38)30(41)40(23-7-8-23)17-21-3-2-4-25(32)28(21)35/h2-6,9-10,13-14,22-23,39H,7-8,11-12,15-18H2,1H3. The Balaban J connectivity index is 1.39. The van der Waals surface area contributed by atoms with Crippen LogP contribution >= 0.6 is 46.4 Å². The SMILES string of the molecule is Cc1cc(Cl)c(OCCOc2ccc(CC(CNCC(F)(F)F)C(=O)N(Cc3cccc(Cl)c3Cl)C3CC3)cc2)c(Cl)c1. The summed E-state index contributed by atoms with van der Waals surface area (Å²) < 4.78 is 50.1. The molecule has 0 bridgehead atoms. The van der Waals surface area contributed by atoms with Crippen molar-refractivity contribution in [2.45, 2.75) is 44.9 Å². The summed E-state index contributed by atoms with van der Waals surface area (Å²) in [4.78, 5) is 15.5. The van der Waals surface area contributed by atoms with Gasteiger partial charge < -0.3 is 19.7 Å². The summed E-state index contributed by atoms with van der Waals surface area (Å²) in [7, 11) is 0. The molecule has 3 aromatic rings. The van der Waals surface area contributed by atoms with E-state index in [0.717, 1.165) is 24.0 Å². The number of benzene rings is 3. The summed E-state index contributed by atoms with van der Waals surface area (Å²) in [6, 6.07) is 15.8. The van der Waals surface area contributed by atoms with E-state index in [1.807, 2.05) is 6.92 Å². The summed E-state index contributed by atoms with van der Waals surface area (Å²) in [5, 5.41) is 3.99. The number of ether oxygens (including phenoxy) is 2. The molecule has 1 aliphatic carbocycles. The van der Waals surface area contributed by atoms with Crippen LogP contribution in [0.15, 0.2) is 54.6 Å². The highest BCUT2D eigenvalue weighted by atomic mass is 35.5. The first kappa shape index (κ1) is 33.5. The molecule has 1 atom stereocenters. The van der Waals surface area contributed by atoms with Crippen LogP contribution in [-0.4, -0.2) is 49.3 Å². The van der Waals surface area contributed by atoms with Gasteiger partial charge in [-0.25, -0.2) is 0 Å². The normalized spacial score (nSPS) is 14.0. The minimum Gasteiger partial charge on any atom is -0.490 e. The highest BCUT2D eigenvalue weighted by Crippen LogP contribution is 2.35. The lowest BCUT2D eigenvalue weighted by Crippen LogP contribution is -2.43. The molecule has 0 aliphatic heterocycles. The maximum absolute atomic E-state index is 13.8. The van der Waals surface area contributed by atoms with Crippen molar-refractivity contribution in [3.05, 3.63) is 91.4 Å². The third-order valence-corrected chi connectivity index (χ3v) is 8.27. The van der Waals surface area contributed by atoms with Crippen molar-refractivity contribution in [1.82, 2.24) is 10.2 Å². The lowest BCUT2D eigenvalue weighted by Gasteiger charge is -2.28. The van der Waals surface area contributed by atoms with Gasteiger partial charge in [-0.1, -0.05) is 70.7 Å². The fraction of sp³-hybridized carbons (Fsp3) is 0.387. The fourth-order valence-electron chi connectivity index (χ4n) is 4.63. The molecule has 0 aromatic heterocycles. The van der Waals surface area contributed by atoms with Gasteiger partial charge >= 0.3 is 6.18 Å². The van der Waals surface area contributed by atoms with E-state index in [4.69, 9.17) is 55.9 Å². The molecular formula is C31H31Cl4F3N2O3. The van der Waals surface area contributed by atoms with E-state index < -0.39 is 18.6 Å².